The first-order valence-electron chi connectivity index (χ1n) is 8.25. The topological polar surface area (TPSA) is 55.8 Å². The Hall–Kier alpha value is -2.67. The molecule has 0 spiro atoms. The summed E-state index contributed by atoms with van der Waals surface area (Å²) in [6.45, 7) is 5.61. The van der Waals surface area contributed by atoms with Gasteiger partial charge in [-0.05, 0) is 49.6 Å². The van der Waals surface area contributed by atoms with Crippen molar-refractivity contribution in [3.05, 3.63) is 57.1 Å². The highest BCUT2D eigenvalue weighted by Gasteiger charge is 2.48. The van der Waals surface area contributed by atoms with Crippen molar-refractivity contribution in [2.45, 2.75) is 33.1 Å². The molecule has 28 heavy (non-hydrogen) atoms. The number of hydrogen-bond acceptors (Lipinski definition) is 3. The SMILES string of the molecule is Cc1ccc(C)c(Oc2cc3c(cc2Cl)C=C(C(=O)O)C(C(F)(F)F)O3)c1C. The summed E-state index contributed by atoms with van der Waals surface area (Å²) in [6.07, 6.45) is -6.54. The Morgan fingerprint density at radius 2 is 1.82 bits per heavy atom. The maximum Gasteiger partial charge on any atom is 0.430 e. The first kappa shape index (κ1) is 20.1. The first-order chi connectivity index (χ1) is 13.0. The van der Waals surface area contributed by atoms with Gasteiger partial charge in [-0.2, -0.15) is 13.2 Å². The van der Waals surface area contributed by atoms with E-state index in [1.54, 1.807) is 0 Å². The Bertz CT molecular complexity index is 996. The second-order valence-corrected chi connectivity index (χ2v) is 6.93. The molecule has 0 saturated carbocycles. The van der Waals surface area contributed by atoms with Gasteiger partial charge in [0.25, 0.3) is 0 Å². The molecular formula is C20H16ClF3O4. The van der Waals surface area contributed by atoms with E-state index in [1.165, 1.54) is 12.1 Å². The highest BCUT2D eigenvalue weighted by Crippen LogP contribution is 2.43. The number of alkyl halides is 3. The fraction of sp³-hybridized carbons (Fsp3) is 0.250. The number of fused-ring (bicyclic) bond motifs is 1. The molecule has 3 rings (SSSR count). The van der Waals surface area contributed by atoms with Crippen LogP contribution in [0.2, 0.25) is 5.02 Å². The van der Waals surface area contributed by atoms with Gasteiger partial charge in [0.05, 0.1) is 10.6 Å². The second-order valence-electron chi connectivity index (χ2n) is 6.52. The van der Waals surface area contributed by atoms with Crippen LogP contribution in [-0.4, -0.2) is 23.4 Å². The first-order valence-corrected chi connectivity index (χ1v) is 8.63. The van der Waals surface area contributed by atoms with E-state index in [9.17, 15) is 18.0 Å². The molecular weight excluding hydrogens is 397 g/mol. The zero-order chi connectivity index (χ0) is 20.8. The number of carbonyl (C=O) groups is 1. The zero-order valence-electron chi connectivity index (χ0n) is 15.1. The summed E-state index contributed by atoms with van der Waals surface area (Å²) in [5.41, 5.74) is 1.91. The average Bonchev–Trinajstić information content (AvgIpc) is 2.60. The minimum atomic E-state index is -4.88. The van der Waals surface area contributed by atoms with Crippen LogP contribution in [0.5, 0.6) is 17.2 Å². The maximum atomic E-state index is 13.2. The molecule has 1 N–H and O–H groups in total. The van der Waals surface area contributed by atoms with Gasteiger partial charge in [-0.1, -0.05) is 23.7 Å². The van der Waals surface area contributed by atoms with E-state index in [2.05, 4.69) is 0 Å². The lowest BCUT2D eigenvalue weighted by atomic mass is 10.0. The third-order valence-corrected chi connectivity index (χ3v) is 4.83. The quantitative estimate of drug-likeness (QED) is 0.687. The summed E-state index contributed by atoms with van der Waals surface area (Å²) < 4.78 is 50.6. The molecule has 1 heterocycles. The van der Waals surface area contributed by atoms with Crippen molar-refractivity contribution in [1.82, 2.24) is 0 Å². The third-order valence-electron chi connectivity index (χ3n) is 4.53. The number of rotatable bonds is 3. The van der Waals surface area contributed by atoms with Crippen LogP contribution in [-0.2, 0) is 4.79 Å². The number of halogens is 4. The molecule has 1 aliphatic rings. The van der Waals surface area contributed by atoms with Crippen molar-refractivity contribution in [2.75, 3.05) is 0 Å². The normalized spacial score (nSPS) is 16.1. The molecule has 148 valence electrons. The van der Waals surface area contributed by atoms with Gasteiger partial charge in [-0.3, -0.25) is 0 Å². The number of ether oxygens (including phenoxy) is 2. The molecule has 1 atom stereocenters. The van der Waals surface area contributed by atoms with Gasteiger partial charge in [-0.15, -0.1) is 0 Å². The van der Waals surface area contributed by atoms with Crippen molar-refractivity contribution in [3.8, 4) is 17.2 Å². The molecule has 0 aliphatic carbocycles. The molecule has 1 aliphatic heterocycles. The second kappa shape index (κ2) is 7.05. The molecule has 0 amide bonds. The smallest absolute Gasteiger partial charge is 0.430 e. The van der Waals surface area contributed by atoms with Crippen LogP contribution in [0.4, 0.5) is 13.2 Å². The Morgan fingerprint density at radius 1 is 1.18 bits per heavy atom. The largest absolute Gasteiger partial charge is 0.478 e. The van der Waals surface area contributed by atoms with E-state index in [4.69, 9.17) is 26.2 Å². The zero-order valence-corrected chi connectivity index (χ0v) is 15.9. The van der Waals surface area contributed by atoms with Gasteiger partial charge in [-0.25, -0.2) is 4.79 Å². The van der Waals surface area contributed by atoms with Crippen LogP contribution in [0.15, 0.2) is 29.8 Å². The van der Waals surface area contributed by atoms with Crippen molar-refractivity contribution in [1.29, 1.82) is 0 Å². The van der Waals surface area contributed by atoms with E-state index in [0.29, 0.717) is 5.75 Å². The fourth-order valence-electron chi connectivity index (χ4n) is 2.89. The predicted molar refractivity (Wildman–Crippen MR) is 98.3 cm³/mol. The molecule has 1 unspecified atom stereocenters. The van der Waals surface area contributed by atoms with Gasteiger partial charge in [0.15, 0.2) is 0 Å². The van der Waals surface area contributed by atoms with Gasteiger partial charge in [0.1, 0.15) is 17.2 Å². The van der Waals surface area contributed by atoms with E-state index in [1.807, 2.05) is 32.9 Å². The maximum absolute atomic E-state index is 13.2. The number of benzene rings is 2. The van der Waals surface area contributed by atoms with Crippen LogP contribution >= 0.6 is 11.6 Å². The minimum absolute atomic E-state index is 0.116. The summed E-state index contributed by atoms with van der Waals surface area (Å²) in [5.74, 6) is -1.21. The van der Waals surface area contributed by atoms with Crippen molar-refractivity contribution in [3.63, 3.8) is 0 Å². The lowest BCUT2D eigenvalue weighted by molar-refractivity contribution is -0.187. The monoisotopic (exact) mass is 412 g/mol. The summed E-state index contributed by atoms with van der Waals surface area (Å²) in [4.78, 5) is 11.2. The Labute approximate surface area is 164 Å². The lowest BCUT2D eigenvalue weighted by Crippen LogP contribution is -2.40. The van der Waals surface area contributed by atoms with Crippen molar-refractivity contribution in [2.24, 2.45) is 0 Å². The molecule has 2 aromatic rings. The third kappa shape index (κ3) is 3.67. The molecule has 4 nitrogen and oxygen atoms in total. The lowest BCUT2D eigenvalue weighted by Gasteiger charge is -2.27. The summed E-state index contributed by atoms with van der Waals surface area (Å²) in [6, 6.07) is 6.36. The van der Waals surface area contributed by atoms with Gasteiger partial charge in [0, 0.05) is 11.6 Å². The fourth-order valence-corrected chi connectivity index (χ4v) is 3.10. The Kier molecular flexibility index (Phi) is 5.06. The Balaban J connectivity index is 2.07. The molecule has 0 saturated heterocycles. The van der Waals surface area contributed by atoms with Crippen molar-refractivity contribution >= 4 is 23.6 Å². The summed E-state index contributed by atoms with van der Waals surface area (Å²) in [5, 5.41) is 9.22. The predicted octanol–water partition coefficient (Wildman–Crippen LogP) is 5.85. The molecule has 0 fully saturated rings. The van der Waals surface area contributed by atoms with E-state index >= 15 is 0 Å². The molecule has 8 heteroatoms. The van der Waals surface area contributed by atoms with Crippen molar-refractivity contribution < 1.29 is 32.5 Å². The standard InChI is InChI=1S/C20H16ClF3O4/c1-9-4-5-10(2)17(11(9)3)27-16-8-15-12(7-14(16)21)6-13(19(25)26)18(28-15)20(22,23)24/h4-8,18H,1-3H3,(H,25,26). The number of aliphatic carboxylic acids is 1. The van der Waals surface area contributed by atoms with Gasteiger partial charge >= 0.3 is 12.1 Å². The van der Waals surface area contributed by atoms with E-state index in [0.717, 1.165) is 22.8 Å². The Morgan fingerprint density at radius 3 is 2.43 bits per heavy atom. The van der Waals surface area contributed by atoms with Crippen LogP contribution in [0, 0.1) is 20.8 Å². The number of aryl methyl sites for hydroxylation is 2. The number of carboxylic acids is 1. The van der Waals surface area contributed by atoms with Crippen LogP contribution in [0.1, 0.15) is 22.3 Å². The van der Waals surface area contributed by atoms with E-state index in [-0.39, 0.29) is 22.1 Å². The molecule has 2 aromatic carbocycles. The highest BCUT2D eigenvalue weighted by atomic mass is 35.5. The molecule has 0 radical (unpaired) electrons. The highest BCUT2D eigenvalue weighted by molar-refractivity contribution is 6.32. The summed E-state index contributed by atoms with van der Waals surface area (Å²) >= 11 is 6.23. The van der Waals surface area contributed by atoms with Crippen LogP contribution in [0.25, 0.3) is 6.08 Å². The van der Waals surface area contributed by atoms with Gasteiger partial charge in [0.2, 0.25) is 6.10 Å². The number of carboxylic acid groups (broad SMARTS) is 1. The molecule has 0 bridgehead atoms. The van der Waals surface area contributed by atoms with E-state index < -0.39 is 23.8 Å². The van der Waals surface area contributed by atoms with Gasteiger partial charge < -0.3 is 14.6 Å². The minimum Gasteiger partial charge on any atom is -0.478 e. The molecule has 0 aromatic heterocycles. The van der Waals surface area contributed by atoms with Crippen LogP contribution in [0.3, 0.4) is 0 Å². The van der Waals surface area contributed by atoms with Crippen LogP contribution < -0.4 is 9.47 Å². The number of hydrogen-bond donors (Lipinski definition) is 1. The average molecular weight is 413 g/mol. The summed E-state index contributed by atoms with van der Waals surface area (Å²) in [7, 11) is 0.